The normalized spacial score (nSPS) is 12.2. The van der Waals surface area contributed by atoms with Crippen LogP contribution in [-0.2, 0) is 0 Å². The first-order chi connectivity index (χ1) is 4.85. The van der Waals surface area contributed by atoms with E-state index in [-0.39, 0.29) is 45.0 Å². The van der Waals surface area contributed by atoms with Gasteiger partial charge in [0.1, 0.15) is 0 Å². The molecule has 70 valence electrons. The molecule has 0 fully saturated rings. The van der Waals surface area contributed by atoms with Gasteiger partial charge in [-0.15, -0.1) is 9.52 Å². The zero-order chi connectivity index (χ0) is 7.82. The first kappa shape index (κ1) is 18.9. The smallest absolute Gasteiger partial charge is 1.00 e. The molecule has 0 radical (unpaired) electrons. The van der Waals surface area contributed by atoms with E-state index in [2.05, 4.69) is 20.4 Å². The van der Waals surface area contributed by atoms with E-state index in [4.69, 9.17) is 0 Å². The monoisotopic (exact) mass is 216 g/mol. The van der Waals surface area contributed by atoms with Crippen LogP contribution in [0.25, 0.3) is 0 Å². The van der Waals surface area contributed by atoms with Crippen LogP contribution in [0.1, 0.15) is 39.5 Å². The summed E-state index contributed by atoms with van der Waals surface area (Å²) in [6, 6.07) is 1.47. The van der Waals surface area contributed by atoms with Crippen LogP contribution >= 0.6 is 0 Å². The van der Waals surface area contributed by atoms with Crippen LogP contribution in [0.15, 0.2) is 0 Å². The summed E-state index contributed by atoms with van der Waals surface area (Å²) in [5, 5.41) is 0. The van der Waals surface area contributed by atoms with Crippen molar-refractivity contribution in [3.63, 3.8) is 0 Å². The molecule has 1 atom stereocenters. The molecule has 3 heteroatoms. The van der Waals surface area contributed by atoms with Crippen molar-refractivity contribution >= 4 is 32.6 Å². The van der Waals surface area contributed by atoms with Crippen LogP contribution in [0.5, 0.6) is 0 Å². The van der Waals surface area contributed by atoms with E-state index < -0.39 is 0 Å². The van der Waals surface area contributed by atoms with Crippen LogP contribution < -0.4 is 12.4 Å². The van der Waals surface area contributed by atoms with E-state index in [1.807, 2.05) is 0 Å². The van der Waals surface area contributed by atoms with Gasteiger partial charge in [-0.05, 0) is 5.92 Å². The van der Waals surface area contributed by atoms with E-state index in [9.17, 15) is 0 Å². The summed E-state index contributed by atoms with van der Waals surface area (Å²) in [6.07, 6.45) is 5.61. The Balaban J connectivity index is -0.000000405. The topological polar surface area (TPSA) is 0 Å². The fourth-order valence-electron chi connectivity index (χ4n) is 1.33. The minimum absolute atomic E-state index is 0. The molecule has 0 N–H and O–H groups in total. The molecule has 12 heavy (non-hydrogen) atoms. The molecule has 0 spiro atoms. The average Bonchev–Trinajstić information content (AvgIpc) is 1.98. The zero-order valence-corrected chi connectivity index (χ0v) is 12.2. The van der Waals surface area contributed by atoms with Gasteiger partial charge in [-0.3, -0.25) is 0 Å². The van der Waals surface area contributed by atoms with E-state index in [0.29, 0.717) is 0 Å². The van der Waals surface area contributed by atoms with Gasteiger partial charge in [-0.1, -0.05) is 45.6 Å². The number of halogens is 1. The van der Waals surface area contributed by atoms with Crippen LogP contribution in [0.2, 0.25) is 6.04 Å². The van der Waals surface area contributed by atoms with Crippen molar-refractivity contribution < 1.29 is 12.4 Å². The van der Waals surface area contributed by atoms with E-state index >= 15 is 0 Å². The molecule has 0 amide bonds. The predicted octanol–water partition coefficient (Wildman–Crippen LogP) is -0.795. The Morgan fingerprint density at radius 2 is 1.92 bits per heavy atom. The molecule has 0 aliphatic rings. The Hall–Kier alpha value is 1.27. The number of rotatable bonds is 6. The molecule has 0 rings (SSSR count). The van der Waals surface area contributed by atoms with E-state index in [0.717, 1.165) is 5.92 Å². The molecule has 1 unspecified atom stereocenters. The van der Waals surface area contributed by atoms with Crippen LogP contribution in [0.3, 0.4) is 0 Å². The van der Waals surface area contributed by atoms with Crippen LogP contribution in [0, 0.1) is 12.5 Å². The van der Waals surface area contributed by atoms with Crippen LogP contribution in [0.4, 0.5) is 0 Å². The predicted molar refractivity (Wildman–Crippen MR) is 57.8 cm³/mol. The number of unbranched alkanes of at least 4 members (excludes halogenated alkanes) is 1. The molecule has 0 saturated carbocycles. The Morgan fingerprint density at radius 1 is 1.33 bits per heavy atom. The third-order valence-corrected chi connectivity index (χ3v) is 3.38. The fraction of sp³-hybridized carbons (Fsp3) is 0.889. The summed E-state index contributed by atoms with van der Waals surface area (Å²) in [6.45, 7) is 8.60. The first-order valence-electron chi connectivity index (χ1n) is 4.64. The molecule has 0 bridgehead atoms. The summed E-state index contributed by atoms with van der Waals surface area (Å²) >= 11 is 0. The van der Waals surface area contributed by atoms with Crippen molar-refractivity contribution in [2.75, 3.05) is 0 Å². The summed E-state index contributed by atoms with van der Waals surface area (Å²) < 4.78 is 0. The Bertz CT molecular complexity index is 71.5. The van der Waals surface area contributed by atoms with Crippen molar-refractivity contribution in [2.24, 2.45) is 5.92 Å². The Morgan fingerprint density at radius 3 is 2.25 bits per heavy atom. The second kappa shape index (κ2) is 14.8. The van der Waals surface area contributed by atoms with Gasteiger partial charge >= 0.3 is 23.1 Å². The van der Waals surface area contributed by atoms with Crippen LogP contribution in [-0.4, -0.2) is 32.6 Å². The third-order valence-electron chi connectivity index (χ3n) is 2.16. The molecule has 0 aliphatic heterocycles. The largest absolute Gasteiger partial charge is 2.00 e. The number of hydrogen-bond acceptors (Lipinski definition) is 0. The second-order valence-electron chi connectivity index (χ2n) is 3.06. The van der Waals surface area contributed by atoms with Gasteiger partial charge in [-0.25, -0.2) is 0 Å². The van der Waals surface area contributed by atoms with E-state index in [1.54, 1.807) is 0 Å². The molecule has 0 heterocycles. The van der Waals surface area contributed by atoms with Crippen molar-refractivity contribution in [2.45, 2.75) is 45.6 Å². The quantitative estimate of drug-likeness (QED) is 0.404. The third kappa shape index (κ3) is 11.3. The van der Waals surface area contributed by atoms with Gasteiger partial charge in [0.2, 0.25) is 0 Å². The standard InChI is InChI=1S/C9H21Si.ClH.Mg/c1-4-6-7-9(5-2)8-10-3;;/h9H,3-8,10H2,1-2H3;1H;/q-1;;+2/p-1. The molecular formula is C9H21ClMgSi. The molecule has 0 saturated heterocycles. The summed E-state index contributed by atoms with van der Waals surface area (Å²) in [5.74, 6) is 1.02. The molecule has 0 aliphatic carbocycles. The Kier molecular flexibility index (Phi) is 23.3. The van der Waals surface area contributed by atoms with Gasteiger partial charge in [0, 0.05) is 0 Å². The second-order valence-corrected chi connectivity index (χ2v) is 4.34. The van der Waals surface area contributed by atoms with Crippen molar-refractivity contribution in [1.82, 2.24) is 0 Å². The van der Waals surface area contributed by atoms with Gasteiger partial charge in [0.15, 0.2) is 0 Å². The Labute approximate surface area is 103 Å². The maximum absolute atomic E-state index is 4.02. The minimum atomic E-state index is 0. The van der Waals surface area contributed by atoms with E-state index in [1.165, 1.54) is 31.7 Å². The number of hydrogen-bond donors (Lipinski definition) is 0. The summed E-state index contributed by atoms with van der Waals surface area (Å²) in [7, 11) is 0.0776. The summed E-state index contributed by atoms with van der Waals surface area (Å²) in [4.78, 5) is 0. The maximum Gasteiger partial charge on any atom is 2.00 e. The molecule has 0 nitrogen and oxygen atoms in total. The summed E-state index contributed by atoms with van der Waals surface area (Å²) in [5.41, 5.74) is 0. The minimum Gasteiger partial charge on any atom is -1.00 e. The fourth-order valence-corrected chi connectivity index (χ4v) is 2.61. The van der Waals surface area contributed by atoms with Gasteiger partial charge in [0.25, 0.3) is 0 Å². The first-order valence-corrected chi connectivity index (χ1v) is 6.64. The average molecular weight is 217 g/mol. The SMILES string of the molecule is [CH2-][SiH2]CC(CC)CCCC.[Cl-].[Mg+2]. The van der Waals surface area contributed by atoms with Gasteiger partial charge < -0.3 is 19.0 Å². The van der Waals surface area contributed by atoms with Crippen molar-refractivity contribution in [3.05, 3.63) is 6.55 Å². The molecule has 0 aromatic heterocycles. The van der Waals surface area contributed by atoms with Crippen molar-refractivity contribution in [1.29, 1.82) is 0 Å². The van der Waals surface area contributed by atoms with Gasteiger partial charge in [-0.2, -0.15) is 0 Å². The van der Waals surface area contributed by atoms with Gasteiger partial charge in [0.05, 0.1) is 0 Å². The maximum atomic E-state index is 4.02. The van der Waals surface area contributed by atoms with Crippen molar-refractivity contribution in [3.8, 4) is 0 Å². The molecular weight excluding hydrogens is 196 g/mol. The zero-order valence-electron chi connectivity index (χ0n) is 8.61. The molecule has 0 aromatic carbocycles. The molecule has 0 aromatic rings.